The molecule has 0 spiro atoms. The number of amides is 2. The molecule has 1 N–H and O–H groups in total. The molecule has 0 aromatic heterocycles. The third-order valence-corrected chi connectivity index (χ3v) is 8.30. The summed E-state index contributed by atoms with van der Waals surface area (Å²) in [5, 5.41) is 3.02. The van der Waals surface area contributed by atoms with Crippen LogP contribution in [0.2, 0.25) is 0 Å². The van der Waals surface area contributed by atoms with Crippen molar-refractivity contribution in [1.29, 1.82) is 0 Å². The summed E-state index contributed by atoms with van der Waals surface area (Å²) < 4.78 is 46.2. The topological polar surface area (TPSA) is 96.0 Å². The summed E-state index contributed by atoms with van der Waals surface area (Å²) in [4.78, 5) is 29.1. The van der Waals surface area contributed by atoms with E-state index >= 15 is 0 Å². The molecular weight excluding hydrogens is 569 g/mol. The molecule has 0 bridgehead atoms. The summed E-state index contributed by atoms with van der Waals surface area (Å²) >= 11 is 0. The molecule has 0 aliphatic rings. The van der Waals surface area contributed by atoms with Gasteiger partial charge in [-0.25, -0.2) is 12.8 Å². The van der Waals surface area contributed by atoms with Gasteiger partial charge in [0.25, 0.3) is 0 Å². The minimum Gasteiger partial charge on any atom is -0.492 e. The lowest BCUT2D eigenvalue weighted by atomic mass is 10.0. The number of anilines is 1. The zero-order valence-corrected chi connectivity index (χ0v) is 26.1. The van der Waals surface area contributed by atoms with Gasteiger partial charge in [0.1, 0.15) is 17.6 Å². The first kappa shape index (κ1) is 33.6. The van der Waals surface area contributed by atoms with Crippen molar-refractivity contribution in [3.05, 3.63) is 95.8 Å². The Kier molecular flexibility index (Phi) is 12.5. The van der Waals surface area contributed by atoms with Crippen molar-refractivity contribution >= 4 is 27.5 Å². The third-order valence-electron chi connectivity index (χ3n) is 7.12. The van der Waals surface area contributed by atoms with E-state index in [9.17, 15) is 22.4 Å². The van der Waals surface area contributed by atoms with Gasteiger partial charge in [-0.1, -0.05) is 61.5 Å². The molecule has 3 rings (SSSR count). The zero-order chi connectivity index (χ0) is 31.4. The second-order valence-electron chi connectivity index (χ2n) is 10.5. The Morgan fingerprint density at radius 2 is 1.58 bits per heavy atom. The van der Waals surface area contributed by atoms with Crippen molar-refractivity contribution in [2.45, 2.75) is 65.1 Å². The number of nitrogens with zero attached hydrogens (tertiary/aromatic N) is 2. The molecule has 0 saturated carbocycles. The fourth-order valence-electron chi connectivity index (χ4n) is 4.70. The Bertz CT molecular complexity index is 1430. The molecule has 3 aromatic rings. The molecule has 0 aliphatic carbocycles. The maximum atomic E-state index is 13.9. The molecule has 43 heavy (non-hydrogen) atoms. The van der Waals surface area contributed by atoms with Crippen molar-refractivity contribution in [3.8, 4) is 5.75 Å². The zero-order valence-electron chi connectivity index (χ0n) is 25.3. The van der Waals surface area contributed by atoms with Crippen LogP contribution in [0.5, 0.6) is 5.75 Å². The number of para-hydroxylation sites is 2. The predicted molar refractivity (Wildman–Crippen MR) is 168 cm³/mol. The monoisotopic (exact) mass is 611 g/mol. The highest BCUT2D eigenvalue weighted by Crippen LogP contribution is 2.30. The number of halogens is 1. The first-order valence-electron chi connectivity index (χ1n) is 14.6. The molecule has 0 fully saturated rings. The lowest BCUT2D eigenvalue weighted by Gasteiger charge is -2.33. The lowest BCUT2D eigenvalue weighted by molar-refractivity contribution is -0.141. The molecule has 2 atom stereocenters. The Morgan fingerprint density at radius 1 is 0.930 bits per heavy atom. The molecule has 8 nitrogen and oxygen atoms in total. The molecule has 0 radical (unpaired) electrons. The highest BCUT2D eigenvalue weighted by molar-refractivity contribution is 7.92. The average molecular weight is 612 g/mol. The van der Waals surface area contributed by atoms with Gasteiger partial charge in [0.15, 0.2) is 0 Å². The standard InChI is InChI=1S/C33H42FN3O5S/c1-5-25(3)35-33(39)30(23-26-13-8-7-9-14-26)36(24-27-18-20-28(34)21-19-27)32(38)17-12-22-37(43(4,40)41)29-15-10-11-16-31(29)42-6-2/h7-11,13-16,18-21,25,30H,5-6,12,17,22-24H2,1-4H3,(H,35,39)/t25-,30+/m0/s1. The van der Waals surface area contributed by atoms with E-state index in [-0.39, 0.29) is 50.2 Å². The van der Waals surface area contributed by atoms with Gasteiger partial charge >= 0.3 is 0 Å². The SMILES string of the molecule is CCOc1ccccc1N(CCCC(=O)N(Cc1ccc(F)cc1)[C@H](Cc1ccccc1)C(=O)N[C@@H](C)CC)S(C)(=O)=O. The summed E-state index contributed by atoms with van der Waals surface area (Å²) in [7, 11) is -3.69. The van der Waals surface area contributed by atoms with E-state index in [0.29, 0.717) is 23.6 Å². The third kappa shape index (κ3) is 10.1. The number of sulfonamides is 1. The Hall–Kier alpha value is -3.92. The van der Waals surface area contributed by atoms with Crippen molar-refractivity contribution in [2.24, 2.45) is 0 Å². The van der Waals surface area contributed by atoms with E-state index in [1.54, 1.807) is 36.4 Å². The number of rotatable bonds is 16. The highest BCUT2D eigenvalue weighted by atomic mass is 32.2. The van der Waals surface area contributed by atoms with Crippen LogP contribution in [0.1, 0.15) is 51.2 Å². The van der Waals surface area contributed by atoms with Crippen LogP contribution in [0.3, 0.4) is 0 Å². The Labute approximate surface area is 254 Å². The van der Waals surface area contributed by atoms with Crippen LogP contribution in [0.15, 0.2) is 78.9 Å². The smallest absolute Gasteiger partial charge is 0.243 e. The molecule has 0 aliphatic heterocycles. The molecule has 0 saturated heterocycles. The van der Waals surface area contributed by atoms with Gasteiger partial charge in [0.05, 0.1) is 18.6 Å². The fourth-order valence-corrected chi connectivity index (χ4v) is 5.67. The number of benzene rings is 3. The first-order chi connectivity index (χ1) is 20.5. The maximum Gasteiger partial charge on any atom is 0.243 e. The van der Waals surface area contributed by atoms with Gasteiger partial charge in [0, 0.05) is 32.0 Å². The van der Waals surface area contributed by atoms with E-state index in [1.165, 1.54) is 21.3 Å². The number of ether oxygens (including phenoxy) is 1. The van der Waals surface area contributed by atoms with Crippen LogP contribution in [-0.2, 0) is 32.6 Å². The fraction of sp³-hybridized carbons (Fsp3) is 0.394. The van der Waals surface area contributed by atoms with Gasteiger partial charge in [-0.15, -0.1) is 0 Å². The molecule has 0 unspecified atom stereocenters. The second kappa shape index (κ2) is 16.1. The summed E-state index contributed by atoms with van der Waals surface area (Å²) in [6, 6.07) is 21.2. The summed E-state index contributed by atoms with van der Waals surface area (Å²) in [5.74, 6) is -0.553. The Morgan fingerprint density at radius 3 is 2.21 bits per heavy atom. The van der Waals surface area contributed by atoms with Gasteiger partial charge < -0.3 is 15.0 Å². The van der Waals surface area contributed by atoms with Crippen LogP contribution >= 0.6 is 0 Å². The quantitative estimate of drug-likeness (QED) is 0.236. The predicted octanol–water partition coefficient (Wildman–Crippen LogP) is 5.33. The number of carbonyl (C=O) groups excluding carboxylic acids is 2. The van der Waals surface area contributed by atoms with E-state index in [0.717, 1.165) is 18.2 Å². The minimum atomic E-state index is -3.69. The average Bonchev–Trinajstić information content (AvgIpc) is 2.98. The van der Waals surface area contributed by atoms with Crippen LogP contribution in [0.4, 0.5) is 10.1 Å². The molecule has 0 heterocycles. The molecular formula is C33H42FN3O5S. The first-order valence-corrected chi connectivity index (χ1v) is 16.5. The largest absolute Gasteiger partial charge is 0.492 e. The second-order valence-corrected chi connectivity index (χ2v) is 12.4. The number of hydrogen-bond acceptors (Lipinski definition) is 5. The molecule has 3 aromatic carbocycles. The normalized spacial score (nSPS) is 12.7. The summed E-state index contributed by atoms with van der Waals surface area (Å²) in [6.07, 6.45) is 2.32. The highest BCUT2D eigenvalue weighted by Gasteiger charge is 2.31. The molecule has 2 amide bonds. The van der Waals surface area contributed by atoms with E-state index in [2.05, 4.69) is 5.32 Å². The van der Waals surface area contributed by atoms with E-state index in [1.807, 2.05) is 51.1 Å². The lowest BCUT2D eigenvalue weighted by Crippen LogP contribution is -2.52. The van der Waals surface area contributed by atoms with Crippen LogP contribution < -0.4 is 14.4 Å². The minimum absolute atomic E-state index is 0.00802. The van der Waals surface area contributed by atoms with Crippen LogP contribution in [0, 0.1) is 5.82 Å². The number of carbonyl (C=O) groups is 2. The number of nitrogens with one attached hydrogen (secondary N) is 1. The van der Waals surface area contributed by atoms with Gasteiger partial charge in [-0.05, 0) is 62.1 Å². The van der Waals surface area contributed by atoms with Crippen molar-refractivity contribution < 1.29 is 27.1 Å². The van der Waals surface area contributed by atoms with Crippen LogP contribution in [0.25, 0.3) is 0 Å². The van der Waals surface area contributed by atoms with Crippen molar-refractivity contribution in [2.75, 3.05) is 23.7 Å². The van der Waals surface area contributed by atoms with Gasteiger partial charge in [-0.3, -0.25) is 13.9 Å². The van der Waals surface area contributed by atoms with Crippen molar-refractivity contribution in [1.82, 2.24) is 10.2 Å². The summed E-state index contributed by atoms with van der Waals surface area (Å²) in [6.45, 7) is 6.19. The van der Waals surface area contributed by atoms with E-state index in [4.69, 9.17) is 4.74 Å². The maximum absolute atomic E-state index is 13.9. The van der Waals surface area contributed by atoms with Gasteiger partial charge in [-0.2, -0.15) is 0 Å². The number of hydrogen-bond donors (Lipinski definition) is 1. The Balaban J connectivity index is 1.90. The molecule has 232 valence electrons. The van der Waals surface area contributed by atoms with Crippen molar-refractivity contribution in [3.63, 3.8) is 0 Å². The van der Waals surface area contributed by atoms with Gasteiger partial charge in [0.2, 0.25) is 21.8 Å². The molecule has 10 heteroatoms. The van der Waals surface area contributed by atoms with E-state index < -0.39 is 21.9 Å². The van der Waals surface area contributed by atoms with Crippen LogP contribution in [-0.4, -0.2) is 56.6 Å². The summed E-state index contributed by atoms with van der Waals surface area (Å²) in [5.41, 5.74) is 1.96.